The van der Waals surface area contributed by atoms with E-state index in [0.717, 1.165) is 0 Å². The minimum Gasteiger partial charge on any atom is -0.484 e. The minimum atomic E-state index is -1.00. The number of aromatic nitrogens is 2. The zero-order chi connectivity index (χ0) is 16.5. The van der Waals surface area contributed by atoms with E-state index in [1.165, 1.54) is 5.56 Å². The Kier molecular flexibility index (Phi) is 4.26. The highest BCUT2D eigenvalue weighted by molar-refractivity contribution is 5.90. The normalized spacial score (nSPS) is 13.0. The molecular formula is C17H22N2O3. The number of H-pyrrole nitrogens is 1. The van der Waals surface area contributed by atoms with Crippen molar-refractivity contribution in [1.82, 2.24) is 10.2 Å². The number of rotatable bonds is 4. The molecule has 118 valence electrons. The van der Waals surface area contributed by atoms with Gasteiger partial charge in [0.05, 0.1) is 0 Å². The van der Waals surface area contributed by atoms with E-state index in [0.29, 0.717) is 17.1 Å². The van der Waals surface area contributed by atoms with E-state index >= 15 is 0 Å². The molecule has 0 aliphatic heterocycles. The number of nitrogens with zero attached hydrogens (tertiary/aromatic N) is 1. The van der Waals surface area contributed by atoms with Crippen LogP contribution in [0.15, 0.2) is 24.3 Å². The Morgan fingerprint density at radius 3 is 2.36 bits per heavy atom. The lowest BCUT2D eigenvalue weighted by molar-refractivity contribution is 0.0691. The van der Waals surface area contributed by atoms with E-state index in [-0.39, 0.29) is 11.0 Å². The number of carboxylic acids is 1. The van der Waals surface area contributed by atoms with Crippen LogP contribution in [0.25, 0.3) is 0 Å². The average molecular weight is 302 g/mol. The maximum Gasteiger partial charge on any atom is 0.339 e. The first kappa shape index (κ1) is 16.1. The summed E-state index contributed by atoms with van der Waals surface area (Å²) in [4.78, 5) is 11.3. The van der Waals surface area contributed by atoms with E-state index in [9.17, 15) is 9.90 Å². The van der Waals surface area contributed by atoms with Crippen LogP contribution < -0.4 is 4.74 Å². The van der Waals surface area contributed by atoms with Gasteiger partial charge in [0, 0.05) is 5.69 Å². The van der Waals surface area contributed by atoms with Crippen molar-refractivity contribution < 1.29 is 14.6 Å². The first-order valence-electron chi connectivity index (χ1n) is 7.25. The molecule has 2 N–H and O–H groups in total. The van der Waals surface area contributed by atoms with Crippen molar-refractivity contribution in [2.45, 2.75) is 46.1 Å². The lowest BCUT2D eigenvalue weighted by Gasteiger charge is -2.20. The summed E-state index contributed by atoms with van der Waals surface area (Å²) in [5.41, 5.74) is 2.42. The van der Waals surface area contributed by atoms with Crippen LogP contribution in [0.5, 0.6) is 5.75 Å². The third-order valence-corrected chi connectivity index (χ3v) is 3.61. The first-order valence-corrected chi connectivity index (χ1v) is 7.25. The molecule has 1 heterocycles. The number of carboxylic acid groups (broad SMARTS) is 1. The molecule has 1 atom stereocenters. The van der Waals surface area contributed by atoms with Crippen molar-refractivity contribution in [3.05, 3.63) is 46.8 Å². The number of aryl methyl sites for hydroxylation is 1. The maximum absolute atomic E-state index is 11.3. The van der Waals surface area contributed by atoms with Crippen LogP contribution in [0.1, 0.15) is 61.1 Å². The number of hydrogen-bond donors (Lipinski definition) is 2. The third kappa shape index (κ3) is 3.30. The van der Waals surface area contributed by atoms with E-state index < -0.39 is 12.1 Å². The summed E-state index contributed by atoms with van der Waals surface area (Å²) in [6, 6.07) is 7.85. The second-order valence-corrected chi connectivity index (χ2v) is 6.45. The smallest absolute Gasteiger partial charge is 0.339 e. The number of hydrogen-bond acceptors (Lipinski definition) is 3. The van der Waals surface area contributed by atoms with Crippen LogP contribution in [0.2, 0.25) is 0 Å². The number of ether oxygens (including phenoxy) is 1. The predicted octanol–water partition coefficient (Wildman–Crippen LogP) is 3.85. The summed E-state index contributed by atoms with van der Waals surface area (Å²) in [5, 5.41) is 16.0. The number of aromatic carboxylic acids is 1. The maximum atomic E-state index is 11.3. The molecule has 0 bridgehead atoms. The van der Waals surface area contributed by atoms with Crippen LogP contribution in [-0.2, 0) is 5.41 Å². The largest absolute Gasteiger partial charge is 0.484 e. The topological polar surface area (TPSA) is 75.2 Å². The zero-order valence-electron chi connectivity index (χ0n) is 13.6. The van der Waals surface area contributed by atoms with Gasteiger partial charge in [-0.05, 0) is 37.0 Å². The molecule has 2 rings (SSSR count). The standard InChI is InChI=1S/C17H22N2O3/c1-10-14(16(20)21)15(19-18-10)11(2)22-13-8-6-12(7-9-13)17(3,4)5/h6-9,11H,1-5H3,(H,18,19)(H,20,21). The van der Waals surface area contributed by atoms with Crippen LogP contribution in [0.3, 0.4) is 0 Å². The molecule has 22 heavy (non-hydrogen) atoms. The highest BCUT2D eigenvalue weighted by Crippen LogP contribution is 2.27. The van der Waals surface area contributed by atoms with Gasteiger partial charge in [-0.15, -0.1) is 0 Å². The molecular weight excluding hydrogens is 280 g/mol. The van der Waals surface area contributed by atoms with Gasteiger partial charge < -0.3 is 9.84 Å². The molecule has 0 saturated carbocycles. The van der Waals surface area contributed by atoms with Gasteiger partial charge in [-0.25, -0.2) is 4.79 Å². The van der Waals surface area contributed by atoms with Gasteiger partial charge in [0.25, 0.3) is 0 Å². The highest BCUT2D eigenvalue weighted by atomic mass is 16.5. The second-order valence-electron chi connectivity index (χ2n) is 6.45. The minimum absolute atomic E-state index is 0.0833. The molecule has 1 aromatic carbocycles. The Morgan fingerprint density at radius 1 is 1.27 bits per heavy atom. The highest BCUT2D eigenvalue weighted by Gasteiger charge is 2.23. The number of benzene rings is 1. The van der Waals surface area contributed by atoms with Gasteiger partial charge in [0.1, 0.15) is 23.1 Å². The molecule has 0 fully saturated rings. The van der Waals surface area contributed by atoms with E-state index in [2.05, 4.69) is 31.0 Å². The molecule has 0 radical (unpaired) electrons. The van der Waals surface area contributed by atoms with Crippen LogP contribution in [0.4, 0.5) is 0 Å². The molecule has 0 aliphatic rings. The van der Waals surface area contributed by atoms with Crippen LogP contribution in [-0.4, -0.2) is 21.3 Å². The molecule has 1 aromatic heterocycles. The van der Waals surface area contributed by atoms with Gasteiger partial charge in [-0.3, -0.25) is 5.10 Å². The van der Waals surface area contributed by atoms with Crippen molar-refractivity contribution in [3.63, 3.8) is 0 Å². The Balaban J connectivity index is 2.19. The SMILES string of the molecule is Cc1[nH]nc(C(C)Oc2ccc(C(C)(C)C)cc2)c1C(=O)O. The molecule has 0 aliphatic carbocycles. The van der Waals surface area contributed by atoms with Gasteiger partial charge >= 0.3 is 5.97 Å². The second kappa shape index (κ2) is 5.83. The lowest BCUT2D eigenvalue weighted by atomic mass is 9.87. The molecule has 1 unspecified atom stereocenters. The Bertz CT molecular complexity index is 666. The first-order chi connectivity index (χ1) is 10.2. The summed E-state index contributed by atoms with van der Waals surface area (Å²) in [7, 11) is 0. The van der Waals surface area contributed by atoms with Crippen molar-refractivity contribution in [3.8, 4) is 5.75 Å². The molecule has 5 nitrogen and oxygen atoms in total. The summed E-state index contributed by atoms with van der Waals surface area (Å²) < 4.78 is 5.83. The van der Waals surface area contributed by atoms with E-state index in [4.69, 9.17) is 4.74 Å². The number of carbonyl (C=O) groups is 1. The van der Waals surface area contributed by atoms with Crippen molar-refractivity contribution >= 4 is 5.97 Å². The summed E-state index contributed by atoms with van der Waals surface area (Å²) in [6.07, 6.45) is -0.448. The summed E-state index contributed by atoms with van der Waals surface area (Å²) in [5.74, 6) is -0.308. The molecule has 0 spiro atoms. The van der Waals surface area contributed by atoms with Crippen LogP contribution >= 0.6 is 0 Å². The Labute approximate surface area is 130 Å². The van der Waals surface area contributed by atoms with Crippen molar-refractivity contribution in [2.24, 2.45) is 0 Å². The summed E-state index contributed by atoms with van der Waals surface area (Å²) >= 11 is 0. The molecule has 0 amide bonds. The monoisotopic (exact) mass is 302 g/mol. The quantitative estimate of drug-likeness (QED) is 0.899. The fourth-order valence-corrected chi connectivity index (χ4v) is 2.31. The number of aromatic amines is 1. The van der Waals surface area contributed by atoms with E-state index in [1.807, 2.05) is 24.3 Å². The fourth-order valence-electron chi connectivity index (χ4n) is 2.31. The fraction of sp³-hybridized carbons (Fsp3) is 0.412. The van der Waals surface area contributed by atoms with Crippen LogP contribution in [0, 0.1) is 6.92 Å². The zero-order valence-corrected chi connectivity index (χ0v) is 13.6. The molecule has 5 heteroatoms. The Morgan fingerprint density at radius 2 is 1.86 bits per heavy atom. The van der Waals surface area contributed by atoms with Gasteiger partial charge in [0.2, 0.25) is 0 Å². The third-order valence-electron chi connectivity index (χ3n) is 3.61. The van der Waals surface area contributed by atoms with Gasteiger partial charge in [-0.1, -0.05) is 32.9 Å². The Hall–Kier alpha value is -2.30. The lowest BCUT2D eigenvalue weighted by Crippen LogP contribution is -2.12. The summed E-state index contributed by atoms with van der Waals surface area (Å²) in [6.45, 7) is 9.93. The predicted molar refractivity (Wildman–Crippen MR) is 84.5 cm³/mol. The van der Waals surface area contributed by atoms with E-state index in [1.54, 1.807) is 13.8 Å². The average Bonchev–Trinajstić information content (AvgIpc) is 2.80. The van der Waals surface area contributed by atoms with Crippen molar-refractivity contribution in [2.75, 3.05) is 0 Å². The number of nitrogens with one attached hydrogen (secondary N) is 1. The van der Waals surface area contributed by atoms with Gasteiger partial charge in [0.15, 0.2) is 0 Å². The molecule has 2 aromatic rings. The van der Waals surface area contributed by atoms with Crippen molar-refractivity contribution in [1.29, 1.82) is 0 Å². The molecule has 0 saturated heterocycles. The van der Waals surface area contributed by atoms with Gasteiger partial charge in [-0.2, -0.15) is 5.10 Å².